The van der Waals surface area contributed by atoms with Crippen molar-refractivity contribution in [1.82, 2.24) is 29.4 Å². The van der Waals surface area contributed by atoms with Gasteiger partial charge in [-0.25, -0.2) is 33.3 Å². The second-order valence-corrected chi connectivity index (χ2v) is 14.8. The van der Waals surface area contributed by atoms with Gasteiger partial charge in [0.15, 0.2) is 10.8 Å². The van der Waals surface area contributed by atoms with Crippen molar-refractivity contribution in [3.8, 4) is 0 Å². The molecule has 0 aromatic carbocycles. The van der Waals surface area contributed by atoms with Crippen molar-refractivity contribution >= 4 is 38.6 Å². The first-order valence-corrected chi connectivity index (χ1v) is 17.3. The van der Waals surface area contributed by atoms with Gasteiger partial charge in [0.25, 0.3) is 0 Å². The van der Waals surface area contributed by atoms with E-state index in [1.54, 1.807) is 30.6 Å². The Kier molecular flexibility index (Phi) is 8.02. The third-order valence-corrected chi connectivity index (χ3v) is 12.2. The van der Waals surface area contributed by atoms with Crippen LogP contribution in [0.3, 0.4) is 0 Å². The largest absolute Gasteiger partial charge is 0.383 e. The predicted molar refractivity (Wildman–Crippen MR) is 166 cm³/mol. The van der Waals surface area contributed by atoms with Crippen LogP contribution in [0, 0.1) is 17.4 Å². The van der Waals surface area contributed by atoms with Crippen LogP contribution in [0.1, 0.15) is 49.4 Å². The van der Waals surface area contributed by atoms with Crippen molar-refractivity contribution in [2.45, 2.75) is 55.5 Å². The molecule has 0 spiro atoms. The first-order valence-electron chi connectivity index (χ1n) is 14.9. The van der Waals surface area contributed by atoms with Gasteiger partial charge in [0.1, 0.15) is 17.1 Å². The molecular weight excluding hydrogens is 639 g/mol. The maximum Gasteiger partial charge on any atom is 0.333 e. The second-order valence-electron chi connectivity index (χ2n) is 12.0. The van der Waals surface area contributed by atoms with E-state index in [0.717, 1.165) is 5.70 Å². The van der Waals surface area contributed by atoms with E-state index >= 15 is 0 Å². The zero-order valence-corrected chi connectivity index (χ0v) is 26.1. The average molecular weight is 671 g/mol. The van der Waals surface area contributed by atoms with Gasteiger partial charge in [-0.2, -0.15) is 19.0 Å². The minimum atomic E-state index is -3.85. The Bertz CT molecular complexity index is 1800. The fourth-order valence-corrected chi connectivity index (χ4v) is 10.3. The van der Waals surface area contributed by atoms with Gasteiger partial charge in [0, 0.05) is 60.4 Å². The molecule has 4 N–H and O–H groups in total. The number of anilines is 1. The molecule has 4 aliphatic rings. The number of nitrogens with zero attached hydrogens (tertiary/aromatic N) is 7. The molecule has 3 aromatic rings. The molecule has 1 saturated heterocycles. The summed E-state index contributed by atoms with van der Waals surface area (Å²) in [6.07, 6.45) is 7.90. The number of fused-ring (bicyclic) bond motifs is 3. The Morgan fingerprint density at radius 3 is 2.65 bits per heavy atom. The monoisotopic (exact) mass is 670 g/mol. The molecule has 242 valence electrons. The van der Waals surface area contributed by atoms with Crippen molar-refractivity contribution in [3.05, 3.63) is 76.5 Å². The van der Waals surface area contributed by atoms with Gasteiger partial charge in [-0.3, -0.25) is 4.99 Å². The van der Waals surface area contributed by atoms with Gasteiger partial charge in [0.05, 0.1) is 17.5 Å². The zero-order chi connectivity index (χ0) is 32.1. The number of nitrogens with one attached hydrogen (secondary N) is 3. The Labute approximate surface area is 267 Å². The van der Waals surface area contributed by atoms with Crippen molar-refractivity contribution in [2.24, 2.45) is 21.9 Å². The fraction of sp³-hybridized carbons (Fsp3) is 0.448. The molecule has 13 nitrogen and oxygen atoms in total. The summed E-state index contributed by atoms with van der Waals surface area (Å²) in [4.78, 5) is 15.2. The minimum Gasteiger partial charge on any atom is -0.383 e. The Morgan fingerprint density at radius 2 is 2.00 bits per heavy atom. The molecule has 2 aliphatic heterocycles. The quantitative estimate of drug-likeness (QED) is 0.232. The maximum atomic E-state index is 14.0. The van der Waals surface area contributed by atoms with Crippen LogP contribution in [0.4, 0.5) is 14.6 Å². The highest BCUT2D eigenvalue weighted by molar-refractivity contribution is 7.90. The number of rotatable bonds is 10. The standard InChI is InChI=1S/C29H32F2N10O3S2/c30-28(31)41-9-6-21(38-41)20-14-36-26(27-34-8-10-45-27)40-16-19(11-22(20)40)39-46(43,44)25-17-4-5-18(25)13-29(42,12-17)23(37-32)15-35-24-3-1-2-7-33-24/h1-3,6-10,15,17-19,25,28,32,39,42H,4-5,11-14,16H2,(H,33,35)/b23-15-,37-32?. The molecule has 0 radical (unpaired) electrons. The van der Waals surface area contributed by atoms with E-state index in [2.05, 4.69) is 30.2 Å². The molecule has 2 bridgehead atoms. The number of pyridine rings is 1. The van der Waals surface area contributed by atoms with Crippen molar-refractivity contribution in [1.29, 1.82) is 5.53 Å². The van der Waals surface area contributed by atoms with E-state index in [1.807, 2.05) is 10.3 Å². The van der Waals surface area contributed by atoms with E-state index in [4.69, 9.17) is 10.5 Å². The van der Waals surface area contributed by atoms with Gasteiger partial charge in [-0.1, -0.05) is 6.07 Å². The number of aliphatic imine (C=N–C) groups is 1. The highest BCUT2D eigenvalue weighted by atomic mass is 32.2. The summed E-state index contributed by atoms with van der Waals surface area (Å²) in [5, 5.41) is 24.1. The minimum absolute atomic E-state index is 0.134. The number of sulfonamides is 1. The summed E-state index contributed by atoms with van der Waals surface area (Å²) in [6.45, 7) is -2.28. The SMILES string of the molecule is N=N/C(=C\Nc1ccccn1)C1(O)CC2CCC(C1)C2S(=O)(=O)NC1CC2=C(c3ccn(C(F)F)n3)CN=C(c3nccs3)N2C1. The molecule has 2 saturated carbocycles. The average Bonchev–Trinajstić information content (AvgIpc) is 3.84. The lowest BCUT2D eigenvalue weighted by molar-refractivity contribution is 0.0120. The molecule has 17 heteroatoms. The van der Waals surface area contributed by atoms with Crippen molar-refractivity contribution < 1.29 is 22.3 Å². The number of halogens is 2. The summed E-state index contributed by atoms with van der Waals surface area (Å²) < 4.78 is 58.2. The number of hydrogen-bond donors (Lipinski definition) is 4. The fourth-order valence-electron chi connectivity index (χ4n) is 7.42. The normalized spacial score (nSPS) is 28.0. The lowest BCUT2D eigenvalue weighted by atomic mass is 9.75. The number of alkyl halides is 2. The van der Waals surface area contributed by atoms with E-state index in [9.17, 15) is 22.3 Å². The zero-order valence-electron chi connectivity index (χ0n) is 24.5. The van der Waals surface area contributed by atoms with Crippen LogP contribution < -0.4 is 10.0 Å². The lowest BCUT2D eigenvalue weighted by Crippen LogP contribution is -2.52. The maximum absolute atomic E-state index is 14.0. The smallest absolute Gasteiger partial charge is 0.333 e. The molecule has 0 amide bonds. The highest BCUT2D eigenvalue weighted by Gasteiger charge is 2.55. The highest BCUT2D eigenvalue weighted by Crippen LogP contribution is 2.52. The first kappa shape index (κ1) is 30.7. The molecular formula is C29H32F2N10O3S2. The van der Waals surface area contributed by atoms with E-state index < -0.39 is 33.5 Å². The number of amidine groups is 1. The molecule has 3 fully saturated rings. The van der Waals surface area contributed by atoms with Crippen LogP contribution in [0.2, 0.25) is 0 Å². The van der Waals surface area contributed by atoms with Gasteiger partial charge in [-0.05, 0) is 55.7 Å². The van der Waals surface area contributed by atoms with E-state index in [0.29, 0.717) is 58.4 Å². The van der Waals surface area contributed by atoms with Crippen molar-refractivity contribution in [2.75, 3.05) is 18.4 Å². The molecule has 7 rings (SSSR count). The summed E-state index contributed by atoms with van der Waals surface area (Å²) in [6, 6.07) is 6.35. The molecule has 3 unspecified atom stereocenters. The third-order valence-electron chi connectivity index (χ3n) is 9.25. The topological polar surface area (TPSA) is 174 Å². The van der Waals surface area contributed by atoms with E-state index in [1.165, 1.54) is 29.8 Å². The molecule has 2 aliphatic carbocycles. The van der Waals surface area contributed by atoms with Gasteiger partial charge in [0.2, 0.25) is 10.0 Å². The van der Waals surface area contributed by atoms with Crippen LogP contribution in [0.5, 0.6) is 0 Å². The van der Waals surface area contributed by atoms with Gasteiger partial charge in [-0.15, -0.1) is 11.3 Å². The summed E-state index contributed by atoms with van der Waals surface area (Å²) in [5.41, 5.74) is 8.25. The van der Waals surface area contributed by atoms with Gasteiger partial charge < -0.3 is 15.3 Å². The lowest BCUT2D eigenvalue weighted by Gasteiger charge is -2.40. The predicted octanol–water partition coefficient (Wildman–Crippen LogP) is 4.20. The van der Waals surface area contributed by atoms with E-state index in [-0.39, 0.29) is 36.9 Å². The number of aliphatic hydroxyl groups is 1. The van der Waals surface area contributed by atoms with Crippen LogP contribution >= 0.6 is 11.3 Å². The second kappa shape index (κ2) is 12.0. The number of hydrogen-bond acceptors (Lipinski definition) is 12. The Balaban J connectivity index is 1.11. The van der Waals surface area contributed by atoms with Crippen LogP contribution in [-0.4, -0.2) is 74.0 Å². The van der Waals surface area contributed by atoms with Crippen LogP contribution in [0.15, 0.2) is 75.9 Å². The van der Waals surface area contributed by atoms with Gasteiger partial charge >= 0.3 is 6.55 Å². The Morgan fingerprint density at radius 1 is 1.20 bits per heavy atom. The number of aromatic nitrogens is 4. The summed E-state index contributed by atoms with van der Waals surface area (Å²) >= 11 is 1.41. The molecule has 5 heterocycles. The Hall–Kier alpha value is -3.93. The third kappa shape index (κ3) is 5.65. The number of thiazole rings is 1. The summed E-state index contributed by atoms with van der Waals surface area (Å²) in [5.74, 6) is 0.494. The molecule has 3 aromatic heterocycles. The first-order chi connectivity index (χ1) is 22.1. The summed E-state index contributed by atoms with van der Waals surface area (Å²) in [7, 11) is -3.85. The van der Waals surface area contributed by atoms with Crippen LogP contribution in [0.25, 0.3) is 5.57 Å². The van der Waals surface area contributed by atoms with Crippen molar-refractivity contribution in [3.63, 3.8) is 0 Å². The molecule has 46 heavy (non-hydrogen) atoms. The molecule has 3 atom stereocenters. The van der Waals surface area contributed by atoms with Crippen LogP contribution in [-0.2, 0) is 10.0 Å².